The minimum absolute atomic E-state index is 1.16. The van der Waals surface area contributed by atoms with Crippen molar-refractivity contribution in [3.63, 3.8) is 0 Å². The summed E-state index contributed by atoms with van der Waals surface area (Å²) in [6, 6.07) is 48.5. The average molecular weight is 460 g/mol. The number of aryl methyl sites for hydroxylation is 1. The standard InChI is InChI=1S/C35H25N/c1-24-9-2-7-15-33(24)36(29-22-21-27-18-17-25-10-3-5-13-30(25)32(27)23-29)34-16-8-12-28-20-19-26-11-4-6-14-31(26)35(28)34/h2-23H,1H3. The lowest BCUT2D eigenvalue weighted by Gasteiger charge is -2.29. The van der Waals surface area contributed by atoms with Gasteiger partial charge in [0.25, 0.3) is 0 Å². The Hall–Kier alpha value is -4.62. The molecule has 0 atom stereocenters. The number of fused-ring (bicyclic) bond motifs is 6. The third-order valence-electron chi connectivity index (χ3n) is 7.33. The van der Waals surface area contributed by atoms with Crippen LogP contribution in [0.1, 0.15) is 5.56 Å². The van der Waals surface area contributed by atoms with Gasteiger partial charge in [-0.1, -0.05) is 109 Å². The van der Waals surface area contributed by atoms with Gasteiger partial charge >= 0.3 is 0 Å². The van der Waals surface area contributed by atoms with Gasteiger partial charge in [-0.05, 0) is 74.5 Å². The Bertz CT molecular complexity index is 1910. The van der Waals surface area contributed by atoms with Gasteiger partial charge in [-0.25, -0.2) is 0 Å². The first-order chi connectivity index (χ1) is 17.8. The summed E-state index contributed by atoms with van der Waals surface area (Å²) in [6.45, 7) is 2.20. The van der Waals surface area contributed by atoms with E-state index in [1.54, 1.807) is 0 Å². The lowest BCUT2D eigenvalue weighted by Crippen LogP contribution is -2.12. The second-order valence-corrected chi connectivity index (χ2v) is 9.48. The third kappa shape index (κ3) is 3.25. The monoisotopic (exact) mass is 459 g/mol. The molecule has 0 saturated carbocycles. The molecule has 7 aromatic carbocycles. The maximum absolute atomic E-state index is 2.44. The van der Waals surface area contributed by atoms with E-state index in [9.17, 15) is 0 Å². The van der Waals surface area contributed by atoms with Gasteiger partial charge in [0.2, 0.25) is 0 Å². The summed E-state index contributed by atoms with van der Waals surface area (Å²) in [5, 5.41) is 10.1. The zero-order valence-electron chi connectivity index (χ0n) is 20.1. The Morgan fingerprint density at radius 2 is 0.972 bits per heavy atom. The molecule has 0 aliphatic carbocycles. The van der Waals surface area contributed by atoms with E-state index in [-0.39, 0.29) is 0 Å². The molecule has 0 N–H and O–H groups in total. The second kappa shape index (κ2) is 8.25. The molecule has 0 fully saturated rings. The van der Waals surface area contributed by atoms with Crippen molar-refractivity contribution < 1.29 is 0 Å². The van der Waals surface area contributed by atoms with Gasteiger partial charge in [-0.15, -0.1) is 0 Å². The van der Waals surface area contributed by atoms with E-state index in [0.29, 0.717) is 0 Å². The fourth-order valence-electron chi connectivity index (χ4n) is 5.58. The third-order valence-corrected chi connectivity index (χ3v) is 7.33. The lowest BCUT2D eigenvalue weighted by molar-refractivity contribution is 1.27. The molecule has 0 amide bonds. The Labute approximate surface area is 210 Å². The molecule has 0 aliphatic rings. The van der Waals surface area contributed by atoms with Crippen LogP contribution in [0.15, 0.2) is 133 Å². The first-order valence-electron chi connectivity index (χ1n) is 12.5. The van der Waals surface area contributed by atoms with Crippen LogP contribution >= 0.6 is 0 Å². The van der Waals surface area contributed by atoms with Crippen molar-refractivity contribution in [3.05, 3.63) is 139 Å². The summed E-state index contributed by atoms with van der Waals surface area (Å²) in [7, 11) is 0. The number of para-hydroxylation sites is 1. The summed E-state index contributed by atoms with van der Waals surface area (Å²) in [5.41, 5.74) is 4.79. The number of anilines is 3. The molecule has 0 spiro atoms. The highest BCUT2D eigenvalue weighted by molar-refractivity contribution is 6.16. The van der Waals surface area contributed by atoms with E-state index in [1.807, 2.05) is 0 Å². The highest BCUT2D eigenvalue weighted by atomic mass is 15.1. The Kier molecular flexibility index (Phi) is 4.75. The van der Waals surface area contributed by atoms with Gasteiger partial charge in [-0.3, -0.25) is 0 Å². The van der Waals surface area contributed by atoms with Crippen LogP contribution in [0.25, 0.3) is 43.1 Å². The predicted octanol–water partition coefficient (Wildman–Crippen LogP) is 10.1. The van der Waals surface area contributed by atoms with Crippen molar-refractivity contribution in [3.8, 4) is 0 Å². The summed E-state index contributed by atoms with van der Waals surface area (Å²) >= 11 is 0. The van der Waals surface area contributed by atoms with Gasteiger partial charge in [0, 0.05) is 16.8 Å². The van der Waals surface area contributed by atoms with E-state index in [1.165, 1.54) is 60.0 Å². The van der Waals surface area contributed by atoms with Crippen LogP contribution in [-0.2, 0) is 0 Å². The van der Waals surface area contributed by atoms with Crippen LogP contribution in [0, 0.1) is 6.92 Å². The molecule has 1 nitrogen and oxygen atoms in total. The number of hydrogen-bond donors (Lipinski definition) is 0. The van der Waals surface area contributed by atoms with Crippen LogP contribution in [0.2, 0.25) is 0 Å². The highest BCUT2D eigenvalue weighted by Crippen LogP contribution is 2.43. The Balaban J connectivity index is 1.59. The van der Waals surface area contributed by atoms with Crippen molar-refractivity contribution in [2.45, 2.75) is 6.92 Å². The quantitative estimate of drug-likeness (QED) is 0.238. The lowest BCUT2D eigenvalue weighted by atomic mass is 9.98. The van der Waals surface area contributed by atoms with E-state index in [4.69, 9.17) is 0 Å². The molecule has 0 bridgehead atoms. The summed E-state index contributed by atoms with van der Waals surface area (Å²) in [5.74, 6) is 0. The maximum Gasteiger partial charge on any atom is 0.0546 e. The Morgan fingerprint density at radius 1 is 0.417 bits per heavy atom. The van der Waals surface area contributed by atoms with Crippen molar-refractivity contribution in [2.24, 2.45) is 0 Å². The number of nitrogens with zero attached hydrogens (tertiary/aromatic N) is 1. The van der Waals surface area contributed by atoms with Crippen LogP contribution in [-0.4, -0.2) is 0 Å². The molecular formula is C35H25N. The molecule has 0 aromatic heterocycles. The number of rotatable bonds is 3. The van der Waals surface area contributed by atoms with Gasteiger partial charge in [0.15, 0.2) is 0 Å². The zero-order chi connectivity index (χ0) is 24.1. The van der Waals surface area contributed by atoms with E-state index in [0.717, 1.165) is 5.69 Å². The minimum Gasteiger partial charge on any atom is -0.310 e. The first-order valence-corrected chi connectivity index (χ1v) is 12.5. The van der Waals surface area contributed by atoms with E-state index in [2.05, 4.69) is 145 Å². The fraction of sp³-hybridized carbons (Fsp3) is 0.0286. The largest absolute Gasteiger partial charge is 0.310 e. The van der Waals surface area contributed by atoms with Crippen LogP contribution in [0.5, 0.6) is 0 Å². The SMILES string of the molecule is Cc1ccccc1N(c1ccc2ccc3ccccc3c2c1)c1cccc2ccc3ccccc3c12. The van der Waals surface area contributed by atoms with Crippen LogP contribution < -0.4 is 4.90 Å². The fourth-order valence-corrected chi connectivity index (χ4v) is 5.58. The molecule has 7 aromatic rings. The van der Waals surface area contributed by atoms with Crippen molar-refractivity contribution in [2.75, 3.05) is 4.90 Å². The highest BCUT2D eigenvalue weighted by Gasteiger charge is 2.18. The van der Waals surface area contributed by atoms with Gasteiger partial charge in [-0.2, -0.15) is 0 Å². The molecule has 0 aliphatic heterocycles. The summed E-state index contributed by atoms with van der Waals surface area (Å²) < 4.78 is 0. The normalized spacial score (nSPS) is 11.5. The van der Waals surface area contributed by atoms with Gasteiger partial charge in [0.1, 0.15) is 0 Å². The van der Waals surface area contributed by atoms with Crippen molar-refractivity contribution >= 4 is 60.2 Å². The molecule has 1 heteroatoms. The molecule has 0 unspecified atom stereocenters. The van der Waals surface area contributed by atoms with Crippen LogP contribution in [0.4, 0.5) is 17.1 Å². The second-order valence-electron chi connectivity index (χ2n) is 9.48. The van der Waals surface area contributed by atoms with Crippen molar-refractivity contribution in [1.29, 1.82) is 0 Å². The average Bonchev–Trinajstić information content (AvgIpc) is 2.94. The van der Waals surface area contributed by atoms with Gasteiger partial charge < -0.3 is 4.90 Å². The molecule has 7 rings (SSSR count). The Morgan fingerprint density at radius 3 is 1.78 bits per heavy atom. The predicted molar refractivity (Wildman–Crippen MR) is 156 cm³/mol. The molecule has 170 valence electrons. The number of hydrogen-bond acceptors (Lipinski definition) is 1. The van der Waals surface area contributed by atoms with Crippen LogP contribution in [0.3, 0.4) is 0 Å². The smallest absolute Gasteiger partial charge is 0.0546 e. The van der Waals surface area contributed by atoms with E-state index < -0.39 is 0 Å². The van der Waals surface area contributed by atoms with Crippen molar-refractivity contribution in [1.82, 2.24) is 0 Å². The topological polar surface area (TPSA) is 3.24 Å². The summed E-state index contributed by atoms with van der Waals surface area (Å²) in [4.78, 5) is 2.44. The molecule has 0 heterocycles. The molecule has 0 radical (unpaired) electrons. The minimum atomic E-state index is 1.16. The summed E-state index contributed by atoms with van der Waals surface area (Å²) in [6.07, 6.45) is 0. The first kappa shape index (κ1) is 20.7. The van der Waals surface area contributed by atoms with E-state index >= 15 is 0 Å². The maximum atomic E-state index is 2.44. The zero-order valence-corrected chi connectivity index (χ0v) is 20.1. The number of benzene rings is 7. The van der Waals surface area contributed by atoms with Gasteiger partial charge in [0.05, 0.1) is 5.69 Å². The molecule has 0 saturated heterocycles. The molecule has 36 heavy (non-hydrogen) atoms. The molecular weight excluding hydrogens is 434 g/mol.